The molecule has 0 saturated carbocycles. The van der Waals surface area contributed by atoms with E-state index in [0.717, 1.165) is 5.56 Å². The predicted molar refractivity (Wildman–Crippen MR) is 85.3 cm³/mol. The van der Waals surface area contributed by atoms with Crippen LogP contribution in [-0.4, -0.2) is 41.4 Å². The highest BCUT2D eigenvalue weighted by Crippen LogP contribution is 2.26. The maximum absolute atomic E-state index is 14.0. The maximum Gasteiger partial charge on any atom is 0.164 e. The first-order valence-electron chi connectivity index (χ1n) is 7.69. The number of rotatable bonds is 4. The van der Waals surface area contributed by atoms with Gasteiger partial charge in [-0.25, -0.2) is 4.39 Å². The van der Waals surface area contributed by atoms with Crippen LogP contribution in [0, 0.1) is 12.7 Å². The van der Waals surface area contributed by atoms with Gasteiger partial charge in [-0.1, -0.05) is 6.07 Å². The number of Topliss-reactive ketones (excluding diaryl/α,β-unsaturated/α-hetero) is 1. The van der Waals surface area contributed by atoms with E-state index < -0.39 is 5.82 Å². The van der Waals surface area contributed by atoms with Gasteiger partial charge in [0.2, 0.25) is 0 Å². The molecule has 3 rings (SSSR count). The summed E-state index contributed by atoms with van der Waals surface area (Å²) >= 11 is 0. The number of morpholine rings is 1. The van der Waals surface area contributed by atoms with Crippen LogP contribution in [0.3, 0.4) is 0 Å². The molecule has 1 aliphatic rings. The van der Waals surface area contributed by atoms with Gasteiger partial charge in [0.05, 0.1) is 36.7 Å². The topological polar surface area (TPSA) is 47.4 Å². The summed E-state index contributed by atoms with van der Waals surface area (Å²) < 4.78 is 21.7. The van der Waals surface area contributed by atoms with E-state index in [1.807, 2.05) is 22.7 Å². The molecule has 0 radical (unpaired) electrons. The number of ether oxygens (including phenoxy) is 1. The molecule has 1 aliphatic heterocycles. The second-order valence-electron chi connectivity index (χ2n) is 5.87. The van der Waals surface area contributed by atoms with Crippen molar-refractivity contribution in [3.63, 3.8) is 0 Å². The highest BCUT2D eigenvalue weighted by atomic mass is 19.1. The molecule has 0 aliphatic carbocycles. The molecule has 6 heteroatoms. The fourth-order valence-corrected chi connectivity index (χ4v) is 2.95. The number of aryl methyl sites for hydroxylation is 1. The van der Waals surface area contributed by atoms with E-state index >= 15 is 0 Å². The highest BCUT2D eigenvalue weighted by Gasteiger charge is 2.25. The number of nitrogens with zero attached hydrogens (tertiary/aromatic N) is 3. The largest absolute Gasteiger partial charge is 0.373 e. The standard InChI is InChI=1S/C17H20FN3O2/c1-12-8-19-21(9-12)11-14-10-20(6-7-23-14)16-5-3-4-15(18)17(16)13(2)22/h3-5,8-9,14H,6-7,10-11H2,1-2H3. The average Bonchev–Trinajstić information content (AvgIpc) is 2.92. The normalized spacial score (nSPS) is 18.2. The molecule has 0 bridgehead atoms. The van der Waals surface area contributed by atoms with Crippen molar-refractivity contribution >= 4 is 11.5 Å². The van der Waals surface area contributed by atoms with Gasteiger partial charge in [-0.2, -0.15) is 5.10 Å². The second kappa shape index (κ2) is 6.50. The summed E-state index contributed by atoms with van der Waals surface area (Å²) in [6, 6.07) is 4.75. The Labute approximate surface area is 134 Å². The Balaban J connectivity index is 1.79. The molecular formula is C17H20FN3O2. The molecule has 5 nitrogen and oxygen atoms in total. The van der Waals surface area contributed by atoms with Crippen LogP contribution < -0.4 is 4.90 Å². The van der Waals surface area contributed by atoms with Gasteiger partial charge in [0.1, 0.15) is 5.82 Å². The van der Waals surface area contributed by atoms with Crippen LogP contribution in [0.5, 0.6) is 0 Å². The lowest BCUT2D eigenvalue weighted by Crippen LogP contribution is -2.45. The van der Waals surface area contributed by atoms with Crippen LogP contribution in [0.4, 0.5) is 10.1 Å². The predicted octanol–water partition coefficient (Wildman–Crippen LogP) is 2.44. The number of carbonyl (C=O) groups excluding carboxylic acids is 1. The molecule has 122 valence electrons. The zero-order chi connectivity index (χ0) is 16.4. The third kappa shape index (κ3) is 3.42. The number of anilines is 1. The second-order valence-corrected chi connectivity index (χ2v) is 5.87. The van der Waals surface area contributed by atoms with Gasteiger partial charge < -0.3 is 9.64 Å². The Morgan fingerprint density at radius 1 is 1.48 bits per heavy atom. The minimum atomic E-state index is -0.472. The van der Waals surface area contributed by atoms with Crippen LogP contribution in [0.25, 0.3) is 0 Å². The summed E-state index contributed by atoms with van der Waals surface area (Å²) in [4.78, 5) is 13.8. The summed E-state index contributed by atoms with van der Waals surface area (Å²) in [6.45, 7) is 5.80. The number of aromatic nitrogens is 2. The number of hydrogen-bond donors (Lipinski definition) is 0. The molecule has 1 aromatic heterocycles. The van der Waals surface area contributed by atoms with E-state index in [9.17, 15) is 9.18 Å². The zero-order valence-corrected chi connectivity index (χ0v) is 13.3. The molecule has 1 unspecified atom stereocenters. The fourth-order valence-electron chi connectivity index (χ4n) is 2.95. The molecule has 2 heterocycles. The van der Waals surface area contributed by atoms with Crippen molar-refractivity contribution in [2.24, 2.45) is 0 Å². The molecule has 1 saturated heterocycles. The summed E-state index contributed by atoms with van der Waals surface area (Å²) in [5, 5.41) is 4.27. The van der Waals surface area contributed by atoms with E-state index in [1.54, 1.807) is 18.3 Å². The maximum atomic E-state index is 14.0. The van der Waals surface area contributed by atoms with Crippen molar-refractivity contribution in [1.29, 1.82) is 0 Å². The van der Waals surface area contributed by atoms with Crippen LogP contribution in [0.2, 0.25) is 0 Å². The minimum absolute atomic E-state index is 0.0499. The van der Waals surface area contributed by atoms with E-state index in [1.165, 1.54) is 13.0 Å². The third-order valence-electron chi connectivity index (χ3n) is 3.98. The molecular weight excluding hydrogens is 297 g/mol. The quantitative estimate of drug-likeness (QED) is 0.813. The van der Waals surface area contributed by atoms with Crippen molar-refractivity contribution in [2.75, 3.05) is 24.6 Å². The minimum Gasteiger partial charge on any atom is -0.373 e. The van der Waals surface area contributed by atoms with Crippen molar-refractivity contribution in [1.82, 2.24) is 9.78 Å². The highest BCUT2D eigenvalue weighted by molar-refractivity contribution is 6.00. The van der Waals surface area contributed by atoms with Crippen LogP contribution in [0.1, 0.15) is 22.8 Å². The number of halogens is 1. The Bertz CT molecular complexity index is 714. The SMILES string of the molecule is CC(=O)c1c(F)cccc1N1CCOC(Cn2cc(C)cn2)C1. The van der Waals surface area contributed by atoms with Crippen molar-refractivity contribution in [2.45, 2.75) is 26.5 Å². The lowest BCUT2D eigenvalue weighted by molar-refractivity contribution is 0.0273. The van der Waals surface area contributed by atoms with Gasteiger partial charge in [-0.15, -0.1) is 0 Å². The van der Waals surface area contributed by atoms with Gasteiger partial charge in [0, 0.05) is 19.3 Å². The molecule has 23 heavy (non-hydrogen) atoms. The van der Waals surface area contributed by atoms with Gasteiger partial charge in [-0.05, 0) is 31.5 Å². The fraction of sp³-hybridized carbons (Fsp3) is 0.412. The monoisotopic (exact) mass is 317 g/mol. The smallest absolute Gasteiger partial charge is 0.164 e. The van der Waals surface area contributed by atoms with Gasteiger partial charge in [0.25, 0.3) is 0 Å². The Morgan fingerprint density at radius 2 is 2.30 bits per heavy atom. The Morgan fingerprint density at radius 3 is 3.00 bits per heavy atom. The lowest BCUT2D eigenvalue weighted by atomic mass is 10.1. The molecule has 2 aromatic rings. The van der Waals surface area contributed by atoms with E-state index in [2.05, 4.69) is 5.10 Å². The zero-order valence-electron chi connectivity index (χ0n) is 13.3. The Kier molecular flexibility index (Phi) is 4.43. The first-order chi connectivity index (χ1) is 11.0. The Hall–Kier alpha value is -2.21. The molecule has 0 N–H and O–H groups in total. The summed E-state index contributed by atoms with van der Waals surface area (Å²) in [7, 11) is 0. The number of hydrogen-bond acceptors (Lipinski definition) is 4. The molecule has 1 fully saturated rings. The van der Waals surface area contributed by atoms with Crippen molar-refractivity contribution in [3.8, 4) is 0 Å². The first-order valence-corrected chi connectivity index (χ1v) is 7.69. The van der Waals surface area contributed by atoms with Crippen molar-refractivity contribution < 1.29 is 13.9 Å². The summed E-state index contributed by atoms with van der Waals surface area (Å²) in [5.41, 5.74) is 1.90. The summed E-state index contributed by atoms with van der Waals surface area (Å²) in [6.07, 6.45) is 3.72. The van der Waals surface area contributed by atoms with E-state index in [0.29, 0.717) is 31.9 Å². The van der Waals surface area contributed by atoms with Crippen LogP contribution >= 0.6 is 0 Å². The van der Waals surface area contributed by atoms with E-state index in [-0.39, 0.29) is 17.5 Å². The van der Waals surface area contributed by atoms with Gasteiger partial charge >= 0.3 is 0 Å². The van der Waals surface area contributed by atoms with Crippen LogP contribution in [-0.2, 0) is 11.3 Å². The molecule has 0 spiro atoms. The third-order valence-corrected chi connectivity index (χ3v) is 3.98. The van der Waals surface area contributed by atoms with Gasteiger partial charge in [-0.3, -0.25) is 9.48 Å². The number of carbonyl (C=O) groups is 1. The van der Waals surface area contributed by atoms with Gasteiger partial charge in [0.15, 0.2) is 5.78 Å². The number of ketones is 1. The number of benzene rings is 1. The van der Waals surface area contributed by atoms with Crippen LogP contribution in [0.15, 0.2) is 30.6 Å². The summed E-state index contributed by atoms with van der Waals surface area (Å²) in [5.74, 6) is -0.732. The molecule has 0 amide bonds. The average molecular weight is 317 g/mol. The first kappa shape index (κ1) is 15.7. The van der Waals surface area contributed by atoms with E-state index in [4.69, 9.17) is 4.74 Å². The molecule has 1 aromatic carbocycles. The molecule has 1 atom stereocenters. The lowest BCUT2D eigenvalue weighted by Gasteiger charge is -2.35. The van der Waals surface area contributed by atoms with Crippen molar-refractivity contribution in [3.05, 3.63) is 47.5 Å².